The van der Waals surface area contributed by atoms with E-state index in [9.17, 15) is 4.79 Å². The molecule has 1 N–H and O–H groups in total. The summed E-state index contributed by atoms with van der Waals surface area (Å²) in [6.45, 7) is 8.46. The van der Waals surface area contributed by atoms with E-state index in [0.717, 1.165) is 17.7 Å². The van der Waals surface area contributed by atoms with Crippen LogP contribution in [0.15, 0.2) is 48.5 Å². The predicted octanol–water partition coefficient (Wildman–Crippen LogP) is 4.76. The normalized spacial score (nSPS) is 12.0. The Bertz CT molecular complexity index is 645. The van der Waals surface area contributed by atoms with Gasteiger partial charge in [-0.1, -0.05) is 62.7 Å². The van der Waals surface area contributed by atoms with Gasteiger partial charge in [0, 0.05) is 0 Å². The number of amides is 1. The third-order valence-corrected chi connectivity index (χ3v) is 4.14. The molecular formula is C21H27NO2. The van der Waals surface area contributed by atoms with E-state index < -0.39 is 0 Å². The second-order valence-electron chi connectivity index (χ2n) is 6.45. The van der Waals surface area contributed by atoms with E-state index in [0.29, 0.717) is 5.92 Å². The van der Waals surface area contributed by atoms with Gasteiger partial charge >= 0.3 is 0 Å². The highest BCUT2D eigenvalue weighted by molar-refractivity contribution is 5.78. The molecule has 0 heterocycles. The number of rotatable bonds is 7. The highest BCUT2D eigenvalue weighted by atomic mass is 16.5. The summed E-state index contributed by atoms with van der Waals surface area (Å²) in [5.41, 5.74) is 3.60. The molecule has 1 atom stereocenters. The molecule has 0 saturated heterocycles. The molecule has 0 saturated carbocycles. The fourth-order valence-corrected chi connectivity index (χ4v) is 2.55. The van der Waals surface area contributed by atoms with Crippen molar-refractivity contribution < 1.29 is 9.53 Å². The van der Waals surface area contributed by atoms with Crippen LogP contribution in [0.5, 0.6) is 5.75 Å². The number of hydrogen-bond donors (Lipinski definition) is 1. The monoisotopic (exact) mass is 325 g/mol. The Labute approximate surface area is 145 Å². The van der Waals surface area contributed by atoms with Gasteiger partial charge in [0.15, 0.2) is 6.61 Å². The first-order valence-corrected chi connectivity index (χ1v) is 8.58. The first-order valence-electron chi connectivity index (χ1n) is 8.58. The van der Waals surface area contributed by atoms with Crippen LogP contribution in [-0.4, -0.2) is 12.5 Å². The van der Waals surface area contributed by atoms with Crippen LogP contribution in [0.25, 0.3) is 0 Å². The lowest BCUT2D eigenvalue weighted by Gasteiger charge is -2.18. The van der Waals surface area contributed by atoms with E-state index >= 15 is 0 Å². The molecule has 24 heavy (non-hydrogen) atoms. The maximum Gasteiger partial charge on any atom is 0.258 e. The zero-order chi connectivity index (χ0) is 17.5. The van der Waals surface area contributed by atoms with Crippen molar-refractivity contribution in [2.45, 2.75) is 46.1 Å². The molecule has 3 heteroatoms. The topological polar surface area (TPSA) is 38.3 Å². The van der Waals surface area contributed by atoms with E-state index in [4.69, 9.17) is 4.74 Å². The van der Waals surface area contributed by atoms with Gasteiger partial charge < -0.3 is 10.1 Å². The maximum atomic E-state index is 12.2. The Morgan fingerprint density at radius 1 is 1.00 bits per heavy atom. The van der Waals surface area contributed by atoms with Gasteiger partial charge in [-0.25, -0.2) is 0 Å². The van der Waals surface area contributed by atoms with E-state index in [2.05, 4.69) is 57.3 Å². The van der Waals surface area contributed by atoms with Gasteiger partial charge in [-0.2, -0.15) is 0 Å². The number of hydrogen-bond acceptors (Lipinski definition) is 2. The highest BCUT2D eigenvalue weighted by Crippen LogP contribution is 2.19. The first-order chi connectivity index (χ1) is 11.5. The minimum Gasteiger partial charge on any atom is -0.484 e. The molecule has 0 fully saturated rings. The molecule has 0 aromatic heterocycles. The smallest absolute Gasteiger partial charge is 0.258 e. The third-order valence-electron chi connectivity index (χ3n) is 4.14. The van der Waals surface area contributed by atoms with Crippen LogP contribution in [0.3, 0.4) is 0 Å². The van der Waals surface area contributed by atoms with Crippen LogP contribution >= 0.6 is 0 Å². The Morgan fingerprint density at radius 3 is 2.12 bits per heavy atom. The van der Waals surface area contributed by atoms with Crippen molar-refractivity contribution in [2.75, 3.05) is 6.61 Å². The van der Waals surface area contributed by atoms with Crippen LogP contribution in [-0.2, 0) is 4.79 Å². The summed E-state index contributed by atoms with van der Waals surface area (Å²) in [6, 6.07) is 16.2. The van der Waals surface area contributed by atoms with Crippen molar-refractivity contribution in [1.29, 1.82) is 0 Å². The van der Waals surface area contributed by atoms with Crippen molar-refractivity contribution in [3.8, 4) is 5.75 Å². The largest absolute Gasteiger partial charge is 0.484 e. The van der Waals surface area contributed by atoms with Crippen molar-refractivity contribution in [3.05, 3.63) is 65.2 Å². The number of ether oxygens (including phenoxy) is 1. The van der Waals surface area contributed by atoms with Gasteiger partial charge in [0.2, 0.25) is 0 Å². The van der Waals surface area contributed by atoms with E-state index in [1.54, 1.807) is 0 Å². The molecule has 0 aliphatic heterocycles. The van der Waals surface area contributed by atoms with Gasteiger partial charge in [-0.05, 0) is 42.5 Å². The molecule has 2 aromatic rings. The quantitative estimate of drug-likeness (QED) is 0.796. The van der Waals surface area contributed by atoms with Gasteiger partial charge in [0.25, 0.3) is 5.91 Å². The fraction of sp³-hybridized carbons (Fsp3) is 0.381. The average molecular weight is 325 g/mol. The summed E-state index contributed by atoms with van der Waals surface area (Å²) in [6.07, 6.45) is 0.845. The molecule has 3 nitrogen and oxygen atoms in total. The van der Waals surface area contributed by atoms with Crippen LogP contribution in [0.1, 0.15) is 55.8 Å². The van der Waals surface area contributed by atoms with E-state index in [1.807, 2.05) is 24.3 Å². The Kier molecular flexibility index (Phi) is 6.42. The minimum atomic E-state index is -0.102. The van der Waals surface area contributed by atoms with Crippen LogP contribution in [0.4, 0.5) is 0 Å². The minimum absolute atomic E-state index is 0.0185. The second-order valence-corrected chi connectivity index (χ2v) is 6.45. The molecule has 0 spiro atoms. The summed E-state index contributed by atoms with van der Waals surface area (Å²) < 4.78 is 5.59. The highest BCUT2D eigenvalue weighted by Gasteiger charge is 2.13. The lowest BCUT2D eigenvalue weighted by atomic mass is 10.0. The van der Waals surface area contributed by atoms with Gasteiger partial charge in [-0.3, -0.25) is 4.79 Å². The molecule has 0 aliphatic rings. The first kappa shape index (κ1) is 18.1. The Hall–Kier alpha value is -2.29. The van der Waals surface area contributed by atoms with E-state index in [1.165, 1.54) is 11.1 Å². The lowest BCUT2D eigenvalue weighted by Crippen LogP contribution is -2.32. The number of aryl methyl sites for hydroxylation is 1. The fourth-order valence-electron chi connectivity index (χ4n) is 2.55. The van der Waals surface area contributed by atoms with Gasteiger partial charge in [0.1, 0.15) is 5.75 Å². The molecule has 2 aromatic carbocycles. The Morgan fingerprint density at radius 2 is 1.58 bits per heavy atom. The molecule has 0 aliphatic carbocycles. The molecule has 128 valence electrons. The van der Waals surface area contributed by atoms with Crippen molar-refractivity contribution in [3.63, 3.8) is 0 Å². The molecule has 2 rings (SSSR count). The van der Waals surface area contributed by atoms with Gasteiger partial charge in [-0.15, -0.1) is 0 Å². The molecule has 0 radical (unpaired) electrons. The lowest BCUT2D eigenvalue weighted by molar-refractivity contribution is -0.123. The summed E-state index contributed by atoms with van der Waals surface area (Å²) in [4.78, 5) is 12.2. The summed E-state index contributed by atoms with van der Waals surface area (Å²) in [5, 5.41) is 3.04. The van der Waals surface area contributed by atoms with Crippen molar-refractivity contribution >= 4 is 5.91 Å². The molecular weight excluding hydrogens is 298 g/mol. The van der Waals surface area contributed by atoms with Crippen molar-refractivity contribution in [1.82, 2.24) is 5.32 Å². The summed E-state index contributed by atoms with van der Waals surface area (Å²) >= 11 is 0. The third kappa shape index (κ3) is 5.12. The maximum absolute atomic E-state index is 12.2. The molecule has 0 unspecified atom stereocenters. The van der Waals surface area contributed by atoms with Crippen LogP contribution in [0, 0.1) is 6.92 Å². The predicted molar refractivity (Wildman–Crippen MR) is 98.4 cm³/mol. The standard InChI is InChI=1S/C21H27NO2/c1-5-20(18-8-6-16(4)7-9-18)22-21(23)14-24-19-12-10-17(11-13-19)15(2)3/h6-13,15,20H,5,14H2,1-4H3,(H,22,23)/t20-/m0/s1. The van der Waals surface area contributed by atoms with Crippen LogP contribution in [0.2, 0.25) is 0 Å². The molecule has 0 bridgehead atoms. The number of nitrogens with one attached hydrogen (secondary N) is 1. The van der Waals surface area contributed by atoms with E-state index in [-0.39, 0.29) is 18.6 Å². The summed E-state index contributed by atoms with van der Waals surface area (Å²) in [7, 11) is 0. The summed E-state index contributed by atoms with van der Waals surface area (Å²) in [5.74, 6) is 1.11. The number of benzene rings is 2. The number of carbonyl (C=O) groups excluding carboxylic acids is 1. The number of carbonyl (C=O) groups is 1. The SMILES string of the molecule is CC[C@H](NC(=O)COc1ccc(C(C)C)cc1)c1ccc(C)cc1. The second kappa shape index (κ2) is 8.53. The van der Waals surface area contributed by atoms with Crippen molar-refractivity contribution in [2.24, 2.45) is 0 Å². The zero-order valence-corrected chi connectivity index (χ0v) is 15.0. The zero-order valence-electron chi connectivity index (χ0n) is 15.0. The average Bonchev–Trinajstić information content (AvgIpc) is 2.59. The Balaban J connectivity index is 1.88. The molecule has 1 amide bonds. The van der Waals surface area contributed by atoms with Gasteiger partial charge in [0.05, 0.1) is 6.04 Å². The van der Waals surface area contributed by atoms with Crippen LogP contribution < -0.4 is 10.1 Å².